The fraction of sp³-hybridized carbons (Fsp3) is 1.00. The fourth-order valence-electron chi connectivity index (χ4n) is 2.69. The van der Waals surface area contributed by atoms with Crippen molar-refractivity contribution in [2.45, 2.75) is 110 Å². The molecule has 0 fully saturated rings. The molecule has 0 aromatic heterocycles. The van der Waals surface area contributed by atoms with Gasteiger partial charge in [-0.3, -0.25) is 0 Å². The van der Waals surface area contributed by atoms with Crippen molar-refractivity contribution >= 4 is 0 Å². The molecule has 0 aromatic rings. The normalized spacial score (nSPS) is 10.5. The van der Waals surface area contributed by atoms with Gasteiger partial charge in [-0.2, -0.15) is 0 Å². The van der Waals surface area contributed by atoms with E-state index in [0.717, 1.165) is 6.54 Å². The van der Waals surface area contributed by atoms with Crippen molar-refractivity contribution in [2.24, 2.45) is 5.73 Å². The second-order valence-electron chi connectivity index (χ2n) is 6.09. The smallest absolute Gasteiger partial charge is 0 e. The van der Waals surface area contributed by atoms with E-state index in [9.17, 15) is 0 Å². The molecule has 0 radical (unpaired) electrons. The molecule has 0 heterocycles. The van der Waals surface area contributed by atoms with Gasteiger partial charge in [0.05, 0.1) is 0 Å². The largest absolute Gasteiger partial charge is 0.330 e. The Balaban J connectivity index is 0. The van der Waals surface area contributed by atoms with Gasteiger partial charge in [0.15, 0.2) is 0 Å². The van der Waals surface area contributed by atoms with Crippen LogP contribution in [0.3, 0.4) is 0 Å². The van der Waals surface area contributed by atoms with Crippen LogP contribution < -0.4 is 5.73 Å². The summed E-state index contributed by atoms with van der Waals surface area (Å²) in [6, 6.07) is 0. The van der Waals surface area contributed by atoms with Crippen LogP contribution in [0.1, 0.15) is 110 Å². The third kappa shape index (κ3) is 21.0. The molecule has 0 saturated carbocycles. The van der Waals surface area contributed by atoms with Gasteiger partial charge >= 0.3 is 0 Å². The summed E-state index contributed by atoms with van der Waals surface area (Å²) in [7, 11) is 0. The molecule has 0 amide bonds. The molecule has 2 N–H and O–H groups in total. The maximum absolute atomic E-state index is 5.48. The van der Waals surface area contributed by atoms with Crippen molar-refractivity contribution in [3.8, 4) is 0 Å². The average molecular weight is 317 g/mol. The van der Waals surface area contributed by atoms with Crippen molar-refractivity contribution in [1.82, 2.24) is 0 Å². The van der Waals surface area contributed by atoms with E-state index in [0.29, 0.717) is 0 Å². The Bertz CT molecular complexity index is 134. The van der Waals surface area contributed by atoms with Crippen LogP contribution in [0.2, 0.25) is 0 Å². The topological polar surface area (TPSA) is 26.0 Å². The number of unbranched alkanes of at least 4 members (excludes halogenated alkanes) is 15. The van der Waals surface area contributed by atoms with Gasteiger partial charge in [-0.05, 0) is 13.0 Å². The SMILES string of the molecule is CCCCCCCCCCCCCCCCCCN.[Ti]. The molecule has 2 heteroatoms. The quantitative estimate of drug-likeness (QED) is 0.266. The minimum Gasteiger partial charge on any atom is -0.330 e. The van der Waals surface area contributed by atoms with Crippen LogP contribution in [0.15, 0.2) is 0 Å². The van der Waals surface area contributed by atoms with Crippen LogP contribution in [0.25, 0.3) is 0 Å². The molecule has 0 atom stereocenters. The van der Waals surface area contributed by atoms with E-state index in [1.165, 1.54) is 103 Å². The molecule has 0 aliphatic heterocycles. The Labute approximate surface area is 143 Å². The number of rotatable bonds is 16. The molecule has 0 rings (SSSR count). The van der Waals surface area contributed by atoms with Crippen LogP contribution in [0.4, 0.5) is 0 Å². The van der Waals surface area contributed by atoms with Gasteiger partial charge in [-0.1, -0.05) is 103 Å². The Morgan fingerprint density at radius 3 is 0.950 bits per heavy atom. The van der Waals surface area contributed by atoms with Gasteiger partial charge in [0.25, 0.3) is 0 Å². The standard InChI is InChI=1S/C18H39N.Ti/c1-2-3-4-5-6-7-8-9-10-11-12-13-14-15-16-17-18-19;/h2-19H2,1H3;. The first-order valence-electron chi connectivity index (χ1n) is 9.12. The van der Waals surface area contributed by atoms with E-state index >= 15 is 0 Å². The Kier molecular flexibility index (Phi) is 25.2. The molecule has 0 aliphatic carbocycles. The summed E-state index contributed by atoms with van der Waals surface area (Å²) in [6.45, 7) is 3.16. The van der Waals surface area contributed by atoms with E-state index in [1.54, 1.807) is 0 Å². The molecule has 0 bridgehead atoms. The van der Waals surface area contributed by atoms with Gasteiger partial charge in [0.2, 0.25) is 0 Å². The second-order valence-corrected chi connectivity index (χ2v) is 6.09. The summed E-state index contributed by atoms with van der Waals surface area (Å²) in [5.74, 6) is 0. The number of nitrogens with two attached hydrogens (primary N) is 1. The summed E-state index contributed by atoms with van der Waals surface area (Å²) in [6.07, 6.45) is 22.9. The van der Waals surface area contributed by atoms with E-state index in [4.69, 9.17) is 5.73 Å². The average Bonchev–Trinajstić information content (AvgIpc) is 2.43. The number of hydrogen-bond acceptors (Lipinski definition) is 1. The molecular formula is C18H39NTi. The zero-order valence-corrected chi connectivity index (χ0v) is 15.7. The van der Waals surface area contributed by atoms with Crippen LogP contribution in [-0.4, -0.2) is 6.54 Å². The molecule has 20 heavy (non-hydrogen) atoms. The van der Waals surface area contributed by atoms with Crippen molar-refractivity contribution < 1.29 is 21.7 Å². The van der Waals surface area contributed by atoms with Crippen molar-refractivity contribution in [1.29, 1.82) is 0 Å². The molecule has 0 unspecified atom stereocenters. The van der Waals surface area contributed by atoms with Gasteiger partial charge in [0.1, 0.15) is 0 Å². The van der Waals surface area contributed by atoms with E-state index in [1.807, 2.05) is 0 Å². The van der Waals surface area contributed by atoms with Crippen LogP contribution in [0, 0.1) is 0 Å². The minimum absolute atomic E-state index is 0. The maximum Gasteiger partial charge on any atom is 0 e. The molecular weight excluding hydrogens is 278 g/mol. The zero-order chi connectivity index (χ0) is 14.0. The third-order valence-electron chi connectivity index (χ3n) is 4.06. The summed E-state index contributed by atoms with van der Waals surface area (Å²) in [5.41, 5.74) is 5.48. The maximum atomic E-state index is 5.48. The Morgan fingerprint density at radius 1 is 0.450 bits per heavy atom. The van der Waals surface area contributed by atoms with E-state index in [-0.39, 0.29) is 21.7 Å². The predicted octanol–water partition coefficient (Wildman–Crippen LogP) is 6.20. The van der Waals surface area contributed by atoms with Crippen molar-refractivity contribution in [3.05, 3.63) is 0 Å². The van der Waals surface area contributed by atoms with E-state index in [2.05, 4.69) is 6.92 Å². The minimum atomic E-state index is 0. The predicted molar refractivity (Wildman–Crippen MR) is 88.6 cm³/mol. The zero-order valence-electron chi connectivity index (χ0n) is 14.1. The van der Waals surface area contributed by atoms with Crippen LogP contribution in [0.5, 0.6) is 0 Å². The molecule has 120 valence electrons. The van der Waals surface area contributed by atoms with Gasteiger partial charge in [0, 0.05) is 21.7 Å². The summed E-state index contributed by atoms with van der Waals surface area (Å²) >= 11 is 0. The van der Waals surface area contributed by atoms with Gasteiger partial charge in [-0.25, -0.2) is 0 Å². The van der Waals surface area contributed by atoms with Crippen molar-refractivity contribution in [3.63, 3.8) is 0 Å². The monoisotopic (exact) mass is 317 g/mol. The molecule has 0 aromatic carbocycles. The fourth-order valence-corrected chi connectivity index (χ4v) is 2.69. The molecule has 1 nitrogen and oxygen atoms in total. The molecule has 0 spiro atoms. The van der Waals surface area contributed by atoms with Crippen LogP contribution in [-0.2, 0) is 21.7 Å². The second kappa shape index (κ2) is 22.0. The van der Waals surface area contributed by atoms with Crippen molar-refractivity contribution in [2.75, 3.05) is 6.54 Å². The summed E-state index contributed by atoms with van der Waals surface area (Å²) < 4.78 is 0. The van der Waals surface area contributed by atoms with Gasteiger partial charge < -0.3 is 5.73 Å². The molecule has 0 aliphatic rings. The first-order chi connectivity index (χ1) is 9.41. The first kappa shape index (κ1) is 22.9. The van der Waals surface area contributed by atoms with Gasteiger partial charge in [-0.15, -0.1) is 0 Å². The Morgan fingerprint density at radius 2 is 0.700 bits per heavy atom. The number of hydrogen-bond donors (Lipinski definition) is 1. The summed E-state index contributed by atoms with van der Waals surface area (Å²) in [4.78, 5) is 0. The van der Waals surface area contributed by atoms with Crippen LogP contribution >= 0.6 is 0 Å². The van der Waals surface area contributed by atoms with E-state index < -0.39 is 0 Å². The molecule has 0 saturated heterocycles. The third-order valence-corrected chi connectivity index (χ3v) is 4.06. The Hall–Kier alpha value is 0.674. The first-order valence-corrected chi connectivity index (χ1v) is 9.12. The summed E-state index contributed by atoms with van der Waals surface area (Å²) in [5, 5.41) is 0.